The van der Waals surface area contributed by atoms with Gasteiger partial charge in [0.05, 0.1) is 7.11 Å². The lowest BCUT2D eigenvalue weighted by Gasteiger charge is -2.31. The largest absolute Gasteiger partial charge is 0.493 e. The third kappa shape index (κ3) is 7.99. The molecule has 0 radical (unpaired) electrons. The summed E-state index contributed by atoms with van der Waals surface area (Å²) in [5.41, 5.74) is 7.21. The molecule has 1 aromatic rings. The fraction of sp³-hybridized carbons (Fsp3) is 0.455. The van der Waals surface area contributed by atoms with Gasteiger partial charge < -0.3 is 20.5 Å². The minimum absolute atomic E-state index is 0.110. The van der Waals surface area contributed by atoms with Crippen molar-refractivity contribution in [2.24, 2.45) is 5.73 Å². The number of likely N-dealkylation sites (tertiary alicyclic amines) is 1. The van der Waals surface area contributed by atoms with Gasteiger partial charge in [0.2, 0.25) is 5.91 Å². The molecule has 0 atom stereocenters. The van der Waals surface area contributed by atoms with E-state index >= 15 is 0 Å². The van der Waals surface area contributed by atoms with E-state index in [4.69, 9.17) is 15.2 Å². The van der Waals surface area contributed by atoms with Gasteiger partial charge >= 0.3 is 0 Å². The second-order valence-corrected chi connectivity index (χ2v) is 7.36. The summed E-state index contributed by atoms with van der Waals surface area (Å²) in [7, 11) is 1.51. The Morgan fingerprint density at radius 3 is 2.59 bits per heavy atom. The SMILES string of the molecule is COc1cc(/C=C/C(=O)NC2CCN(CC=C(C)C)CC2)ccc1OCC(N)=O. The van der Waals surface area contributed by atoms with Crippen molar-refractivity contribution in [3.8, 4) is 11.5 Å². The van der Waals surface area contributed by atoms with Gasteiger partial charge in [-0.25, -0.2) is 0 Å². The monoisotopic (exact) mass is 401 g/mol. The Kier molecular flexibility index (Phi) is 8.73. The molecule has 7 heteroatoms. The van der Waals surface area contributed by atoms with Gasteiger partial charge in [-0.1, -0.05) is 17.7 Å². The molecule has 2 rings (SSSR count). The van der Waals surface area contributed by atoms with E-state index in [2.05, 4.69) is 30.1 Å². The minimum Gasteiger partial charge on any atom is -0.493 e. The minimum atomic E-state index is -0.560. The Bertz CT molecular complexity index is 761. The summed E-state index contributed by atoms with van der Waals surface area (Å²) >= 11 is 0. The van der Waals surface area contributed by atoms with Crippen molar-refractivity contribution in [3.63, 3.8) is 0 Å². The molecule has 0 aromatic heterocycles. The van der Waals surface area contributed by atoms with Crippen molar-refractivity contribution in [1.82, 2.24) is 10.2 Å². The van der Waals surface area contributed by atoms with Crippen LogP contribution in [0.3, 0.4) is 0 Å². The van der Waals surface area contributed by atoms with Crippen LogP contribution in [-0.2, 0) is 9.59 Å². The smallest absolute Gasteiger partial charge is 0.255 e. The number of nitrogens with two attached hydrogens (primary N) is 1. The van der Waals surface area contributed by atoms with E-state index < -0.39 is 5.91 Å². The Labute approximate surface area is 172 Å². The molecule has 1 saturated heterocycles. The molecule has 0 saturated carbocycles. The van der Waals surface area contributed by atoms with Gasteiger partial charge in [-0.05, 0) is 50.5 Å². The molecule has 1 heterocycles. The Balaban J connectivity index is 1.84. The molecule has 3 N–H and O–H groups in total. The zero-order valence-electron chi connectivity index (χ0n) is 17.4. The second-order valence-electron chi connectivity index (χ2n) is 7.36. The van der Waals surface area contributed by atoms with Gasteiger partial charge in [0.15, 0.2) is 18.1 Å². The number of hydrogen-bond acceptors (Lipinski definition) is 5. The van der Waals surface area contributed by atoms with Crippen LogP contribution in [0.5, 0.6) is 11.5 Å². The van der Waals surface area contributed by atoms with E-state index in [0.29, 0.717) is 11.5 Å². The number of nitrogens with one attached hydrogen (secondary N) is 1. The molecule has 158 valence electrons. The van der Waals surface area contributed by atoms with Crippen molar-refractivity contribution < 1.29 is 19.1 Å². The summed E-state index contributed by atoms with van der Waals surface area (Å²) in [6.45, 7) is 6.95. The number of methoxy groups -OCH3 is 1. The highest BCUT2D eigenvalue weighted by atomic mass is 16.5. The predicted molar refractivity (Wildman–Crippen MR) is 114 cm³/mol. The molecule has 1 aliphatic rings. The number of ether oxygens (including phenoxy) is 2. The van der Waals surface area contributed by atoms with Crippen LogP contribution in [0.15, 0.2) is 35.9 Å². The molecular weight excluding hydrogens is 370 g/mol. The maximum atomic E-state index is 12.3. The number of nitrogens with zero attached hydrogens (tertiary/aromatic N) is 1. The summed E-state index contributed by atoms with van der Waals surface area (Å²) in [6, 6.07) is 5.41. The van der Waals surface area contributed by atoms with E-state index in [0.717, 1.165) is 38.0 Å². The number of allylic oxidation sites excluding steroid dienone is 1. The van der Waals surface area contributed by atoms with Crippen molar-refractivity contribution >= 4 is 17.9 Å². The number of carbonyl (C=O) groups is 2. The van der Waals surface area contributed by atoms with Crippen molar-refractivity contribution in [1.29, 1.82) is 0 Å². The summed E-state index contributed by atoms with van der Waals surface area (Å²) in [6.07, 6.45) is 7.39. The van der Waals surface area contributed by atoms with E-state index in [-0.39, 0.29) is 18.6 Å². The van der Waals surface area contributed by atoms with Gasteiger partial charge in [-0.2, -0.15) is 0 Å². The van der Waals surface area contributed by atoms with E-state index in [1.807, 2.05) is 0 Å². The van der Waals surface area contributed by atoms with Crippen LogP contribution in [-0.4, -0.2) is 56.1 Å². The van der Waals surface area contributed by atoms with Crippen LogP contribution in [0.4, 0.5) is 0 Å². The lowest BCUT2D eigenvalue weighted by Crippen LogP contribution is -2.44. The third-order valence-electron chi connectivity index (χ3n) is 4.68. The number of carbonyl (C=O) groups excluding carboxylic acids is 2. The summed E-state index contributed by atoms with van der Waals surface area (Å²) in [4.78, 5) is 25.5. The first-order valence-electron chi connectivity index (χ1n) is 9.81. The first kappa shape index (κ1) is 22.5. The summed E-state index contributed by atoms with van der Waals surface area (Å²) < 4.78 is 10.6. The maximum absolute atomic E-state index is 12.3. The average Bonchev–Trinajstić information content (AvgIpc) is 2.70. The molecule has 1 aliphatic heterocycles. The van der Waals surface area contributed by atoms with Crippen LogP contribution in [0.1, 0.15) is 32.3 Å². The Hall–Kier alpha value is -2.80. The quantitative estimate of drug-likeness (QED) is 0.488. The molecule has 7 nitrogen and oxygen atoms in total. The predicted octanol–water partition coefficient (Wildman–Crippen LogP) is 2.12. The molecule has 29 heavy (non-hydrogen) atoms. The van der Waals surface area contributed by atoms with E-state index in [9.17, 15) is 9.59 Å². The standard InChI is InChI=1S/C22H31N3O4/c1-16(2)8-11-25-12-9-18(10-13-25)24-22(27)7-5-17-4-6-19(20(14-17)28-3)29-15-21(23)26/h4-8,14,18H,9-13,15H2,1-3H3,(H2,23,26)(H,24,27)/b7-5+. The van der Waals surface area contributed by atoms with Gasteiger partial charge in [0, 0.05) is 31.8 Å². The highest BCUT2D eigenvalue weighted by molar-refractivity contribution is 5.92. The number of rotatable bonds is 9. The van der Waals surface area contributed by atoms with Crippen LogP contribution in [0.2, 0.25) is 0 Å². The first-order valence-corrected chi connectivity index (χ1v) is 9.81. The van der Waals surface area contributed by atoms with Crippen LogP contribution >= 0.6 is 0 Å². The summed E-state index contributed by atoms with van der Waals surface area (Å²) in [5, 5.41) is 3.07. The topological polar surface area (TPSA) is 93.9 Å². The molecule has 0 unspecified atom stereocenters. The normalized spacial score (nSPS) is 15.1. The molecule has 2 amide bonds. The molecular formula is C22H31N3O4. The van der Waals surface area contributed by atoms with Crippen molar-refractivity contribution in [2.45, 2.75) is 32.7 Å². The number of primary amides is 1. The number of benzene rings is 1. The molecule has 0 spiro atoms. The van der Waals surface area contributed by atoms with Gasteiger partial charge in [0.25, 0.3) is 5.91 Å². The van der Waals surface area contributed by atoms with Crippen molar-refractivity contribution in [3.05, 3.63) is 41.5 Å². The van der Waals surface area contributed by atoms with Crippen molar-refractivity contribution in [2.75, 3.05) is 33.4 Å². The average molecular weight is 402 g/mol. The number of amides is 2. The lowest BCUT2D eigenvalue weighted by molar-refractivity contribution is -0.120. The van der Waals surface area contributed by atoms with Crippen LogP contribution < -0.4 is 20.5 Å². The molecule has 1 fully saturated rings. The molecule has 1 aromatic carbocycles. The zero-order chi connectivity index (χ0) is 21.2. The van der Waals surface area contributed by atoms with Gasteiger partial charge in [-0.15, -0.1) is 0 Å². The number of piperidine rings is 1. The molecule has 0 bridgehead atoms. The van der Waals surface area contributed by atoms with Gasteiger partial charge in [0.1, 0.15) is 0 Å². The van der Waals surface area contributed by atoms with Crippen LogP contribution in [0.25, 0.3) is 6.08 Å². The lowest BCUT2D eigenvalue weighted by atomic mass is 10.0. The fourth-order valence-electron chi connectivity index (χ4n) is 3.05. The Morgan fingerprint density at radius 2 is 1.97 bits per heavy atom. The number of hydrogen-bond donors (Lipinski definition) is 2. The van der Waals surface area contributed by atoms with Gasteiger partial charge in [-0.3, -0.25) is 14.5 Å². The first-order chi connectivity index (χ1) is 13.9. The fourth-order valence-corrected chi connectivity index (χ4v) is 3.05. The maximum Gasteiger partial charge on any atom is 0.255 e. The Morgan fingerprint density at radius 1 is 1.24 bits per heavy atom. The van der Waals surface area contributed by atoms with E-state index in [1.165, 1.54) is 18.8 Å². The zero-order valence-corrected chi connectivity index (χ0v) is 17.4. The highest BCUT2D eigenvalue weighted by Crippen LogP contribution is 2.28. The second kappa shape index (κ2) is 11.3. The van der Waals surface area contributed by atoms with Crippen LogP contribution in [0, 0.1) is 0 Å². The van der Waals surface area contributed by atoms with E-state index in [1.54, 1.807) is 24.3 Å². The third-order valence-corrected chi connectivity index (χ3v) is 4.68. The highest BCUT2D eigenvalue weighted by Gasteiger charge is 2.19. The molecule has 0 aliphatic carbocycles. The summed E-state index contributed by atoms with van der Waals surface area (Å²) in [5.74, 6) is 0.224.